The first-order valence-corrected chi connectivity index (χ1v) is 9.58. The SMILES string of the molecule is CCOc1ccc(CN(CC)CC(=O)Nc2cc(OC)ccc2OC)cc1OC. The van der Waals surface area contributed by atoms with Crippen molar-refractivity contribution < 1.29 is 23.7 Å². The van der Waals surface area contributed by atoms with Gasteiger partial charge in [0.2, 0.25) is 5.91 Å². The number of hydrogen-bond donors (Lipinski definition) is 1. The number of methoxy groups -OCH3 is 3. The molecular weight excluding hydrogens is 372 g/mol. The molecule has 7 nitrogen and oxygen atoms in total. The van der Waals surface area contributed by atoms with E-state index in [1.165, 1.54) is 0 Å². The number of nitrogens with zero attached hydrogens (tertiary/aromatic N) is 1. The lowest BCUT2D eigenvalue weighted by Gasteiger charge is -2.21. The number of amides is 1. The number of carbonyl (C=O) groups is 1. The van der Waals surface area contributed by atoms with Gasteiger partial charge in [-0.3, -0.25) is 9.69 Å². The maximum atomic E-state index is 12.6. The Morgan fingerprint density at radius 2 is 1.66 bits per heavy atom. The molecule has 1 N–H and O–H groups in total. The van der Waals surface area contributed by atoms with Crippen molar-refractivity contribution in [2.75, 3.05) is 46.3 Å². The van der Waals surface area contributed by atoms with Crippen molar-refractivity contribution in [1.82, 2.24) is 4.90 Å². The maximum absolute atomic E-state index is 12.6. The van der Waals surface area contributed by atoms with Crippen molar-refractivity contribution in [3.05, 3.63) is 42.0 Å². The Kier molecular flexibility index (Phi) is 8.61. The molecule has 0 bridgehead atoms. The summed E-state index contributed by atoms with van der Waals surface area (Å²) >= 11 is 0. The van der Waals surface area contributed by atoms with Gasteiger partial charge in [0.05, 0.1) is 40.2 Å². The predicted octanol–water partition coefficient (Wildman–Crippen LogP) is 3.57. The summed E-state index contributed by atoms with van der Waals surface area (Å²) in [4.78, 5) is 14.6. The lowest BCUT2D eigenvalue weighted by atomic mass is 10.2. The van der Waals surface area contributed by atoms with Crippen molar-refractivity contribution >= 4 is 11.6 Å². The molecule has 2 rings (SSSR count). The molecule has 0 fully saturated rings. The first kappa shape index (κ1) is 22.4. The number of anilines is 1. The third-order valence-corrected chi connectivity index (χ3v) is 4.43. The van der Waals surface area contributed by atoms with Crippen LogP contribution in [-0.4, -0.2) is 51.8 Å². The van der Waals surface area contributed by atoms with Gasteiger partial charge in [0.15, 0.2) is 11.5 Å². The van der Waals surface area contributed by atoms with Crippen LogP contribution < -0.4 is 24.3 Å². The molecule has 1 amide bonds. The molecule has 2 aromatic carbocycles. The van der Waals surface area contributed by atoms with Crippen molar-refractivity contribution in [2.24, 2.45) is 0 Å². The molecule has 0 aliphatic rings. The quantitative estimate of drug-likeness (QED) is 0.620. The Labute approximate surface area is 172 Å². The van der Waals surface area contributed by atoms with E-state index in [1.54, 1.807) is 39.5 Å². The molecule has 0 aromatic heterocycles. The molecular formula is C22H30N2O5. The fraction of sp³-hybridized carbons (Fsp3) is 0.409. The van der Waals surface area contributed by atoms with Gasteiger partial charge in [-0.15, -0.1) is 0 Å². The van der Waals surface area contributed by atoms with Crippen molar-refractivity contribution in [1.29, 1.82) is 0 Å². The highest BCUT2D eigenvalue weighted by molar-refractivity contribution is 5.94. The first-order valence-electron chi connectivity index (χ1n) is 9.58. The number of rotatable bonds is 11. The standard InChI is InChI=1S/C22H30N2O5/c1-6-24(14-16-8-10-20(29-7-2)21(12-16)28-5)15-22(25)23-18-13-17(26-3)9-11-19(18)27-4/h8-13H,6-7,14-15H2,1-5H3,(H,23,25). The predicted molar refractivity (Wildman–Crippen MR) is 113 cm³/mol. The number of benzene rings is 2. The third kappa shape index (κ3) is 6.29. The van der Waals surface area contributed by atoms with Crippen LogP contribution in [0.25, 0.3) is 0 Å². The molecule has 7 heteroatoms. The normalized spacial score (nSPS) is 10.6. The number of likely N-dealkylation sites (N-methyl/N-ethyl adjacent to an activating group) is 1. The Bertz CT molecular complexity index is 810. The smallest absolute Gasteiger partial charge is 0.238 e. The summed E-state index contributed by atoms with van der Waals surface area (Å²) in [7, 11) is 4.76. The summed E-state index contributed by atoms with van der Waals surface area (Å²) in [6, 6.07) is 11.1. The fourth-order valence-electron chi connectivity index (χ4n) is 2.93. The van der Waals surface area contributed by atoms with E-state index in [2.05, 4.69) is 5.32 Å². The summed E-state index contributed by atoms with van der Waals surface area (Å²) < 4.78 is 21.5. The van der Waals surface area contributed by atoms with Crippen molar-refractivity contribution in [3.8, 4) is 23.0 Å². The monoisotopic (exact) mass is 402 g/mol. The summed E-state index contributed by atoms with van der Waals surface area (Å²) in [6.07, 6.45) is 0. The van der Waals surface area contributed by atoms with Gasteiger partial charge in [-0.25, -0.2) is 0 Å². The van der Waals surface area contributed by atoms with E-state index in [0.29, 0.717) is 41.8 Å². The molecule has 0 radical (unpaired) electrons. The Hall–Kier alpha value is -2.93. The molecule has 158 valence electrons. The molecule has 29 heavy (non-hydrogen) atoms. The lowest BCUT2D eigenvalue weighted by Crippen LogP contribution is -2.32. The maximum Gasteiger partial charge on any atom is 0.238 e. The van der Waals surface area contributed by atoms with Gasteiger partial charge in [-0.2, -0.15) is 0 Å². The molecule has 0 heterocycles. The van der Waals surface area contributed by atoms with Crippen LogP contribution in [0.1, 0.15) is 19.4 Å². The second-order valence-corrected chi connectivity index (χ2v) is 6.34. The van der Waals surface area contributed by atoms with Crippen LogP contribution in [0.3, 0.4) is 0 Å². The summed E-state index contributed by atoms with van der Waals surface area (Å²) in [5.74, 6) is 2.50. The highest BCUT2D eigenvalue weighted by Crippen LogP contribution is 2.30. The van der Waals surface area contributed by atoms with Crippen LogP contribution in [-0.2, 0) is 11.3 Å². The summed E-state index contributed by atoms with van der Waals surface area (Å²) in [5, 5.41) is 2.90. The van der Waals surface area contributed by atoms with Gasteiger partial charge in [0.25, 0.3) is 0 Å². The van der Waals surface area contributed by atoms with E-state index in [9.17, 15) is 4.79 Å². The zero-order valence-corrected chi connectivity index (χ0v) is 17.8. The van der Waals surface area contributed by atoms with Crippen LogP contribution in [0.4, 0.5) is 5.69 Å². The molecule has 0 saturated heterocycles. The second kappa shape index (κ2) is 11.2. The molecule has 0 saturated carbocycles. The highest BCUT2D eigenvalue weighted by Gasteiger charge is 2.14. The van der Waals surface area contributed by atoms with Crippen molar-refractivity contribution in [3.63, 3.8) is 0 Å². The molecule has 0 aliphatic carbocycles. The molecule has 2 aromatic rings. The van der Waals surface area contributed by atoms with E-state index in [-0.39, 0.29) is 12.5 Å². The van der Waals surface area contributed by atoms with E-state index in [4.69, 9.17) is 18.9 Å². The minimum atomic E-state index is -0.128. The van der Waals surface area contributed by atoms with E-state index < -0.39 is 0 Å². The van der Waals surface area contributed by atoms with Gasteiger partial charge in [-0.05, 0) is 43.3 Å². The Morgan fingerprint density at radius 1 is 0.931 bits per heavy atom. The van der Waals surface area contributed by atoms with E-state index in [0.717, 1.165) is 12.1 Å². The number of nitrogens with one attached hydrogen (secondary N) is 1. The molecule has 0 unspecified atom stereocenters. The minimum Gasteiger partial charge on any atom is -0.497 e. The van der Waals surface area contributed by atoms with Gasteiger partial charge < -0.3 is 24.3 Å². The molecule has 0 aliphatic heterocycles. The zero-order chi connectivity index (χ0) is 21.2. The van der Waals surface area contributed by atoms with Gasteiger partial charge in [-0.1, -0.05) is 13.0 Å². The van der Waals surface area contributed by atoms with E-state index >= 15 is 0 Å². The Morgan fingerprint density at radius 3 is 2.28 bits per heavy atom. The largest absolute Gasteiger partial charge is 0.497 e. The summed E-state index contributed by atoms with van der Waals surface area (Å²) in [6.45, 7) is 6.10. The molecule has 0 spiro atoms. The van der Waals surface area contributed by atoms with Crippen LogP contribution in [0.15, 0.2) is 36.4 Å². The fourth-order valence-corrected chi connectivity index (χ4v) is 2.93. The summed E-state index contributed by atoms with van der Waals surface area (Å²) in [5.41, 5.74) is 1.62. The highest BCUT2D eigenvalue weighted by atomic mass is 16.5. The van der Waals surface area contributed by atoms with Crippen LogP contribution in [0, 0.1) is 0 Å². The van der Waals surface area contributed by atoms with E-state index in [1.807, 2.05) is 36.9 Å². The van der Waals surface area contributed by atoms with Crippen LogP contribution in [0.5, 0.6) is 23.0 Å². The zero-order valence-electron chi connectivity index (χ0n) is 17.8. The van der Waals surface area contributed by atoms with Gasteiger partial charge in [0, 0.05) is 12.6 Å². The average Bonchev–Trinajstić information content (AvgIpc) is 2.74. The van der Waals surface area contributed by atoms with Crippen LogP contribution >= 0.6 is 0 Å². The van der Waals surface area contributed by atoms with Gasteiger partial charge in [0.1, 0.15) is 11.5 Å². The van der Waals surface area contributed by atoms with Crippen molar-refractivity contribution in [2.45, 2.75) is 20.4 Å². The minimum absolute atomic E-state index is 0.128. The third-order valence-electron chi connectivity index (χ3n) is 4.43. The first-order chi connectivity index (χ1) is 14.0. The van der Waals surface area contributed by atoms with Gasteiger partial charge >= 0.3 is 0 Å². The number of carbonyl (C=O) groups excluding carboxylic acids is 1. The molecule has 0 atom stereocenters. The second-order valence-electron chi connectivity index (χ2n) is 6.34. The topological polar surface area (TPSA) is 69.3 Å². The van der Waals surface area contributed by atoms with Crippen LogP contribution in [0.2, 0.25) is 0 Å². The lowest BCUT2D eigenvalue weighted by molar-refractivity contribution is -0.117. The Balaban J connectivity index is 2.05. The number of ether oxygens (including phenoxy) is 4. The average molecular weight is 402 g/mol. The number of hydrogen-bond acceptors (Lipinski definition) is 6.